The Kier molecular flexibility index (Phi) is 4.70. The van der Waals surface area contributed by atoms with Gasteiger partial charge in [0.15, 0.2) is 0 Å². The van der Waals surface area contributed by atoms with Gasteiger partial charge >= 0.3 is 0 Å². The Balaban J connectivity index is 2.29. The maximum atomic E-state index is 11.9. The van der Waals surface area contributed by atoms with Crippen LogP contribution >= 0.6 is 0 Å². The van der Waals surface area contributed by atoms with Crippen molar-refractivity contribution in [2.45, 2.75) is 38.8 Å². The number of nitrogens with two attached hydrogens (primary N) is 1. The lowest BCUT2D eigenvalue weighted by molar-refractivity contribution is -0.130. The highest BCUT2D eigenvalue weighted by Gasteiger charge is 2.44. The molecule has 1 fully saturated rings. The van der Waals surface area contributed by atoms with Crippen LogP contribution in [0, 0.1) is 5.41 Å². The molecule has 0 radical (unpaired) electrons. The third-order valence-electron chi connectivity index (χ3n) is 3.12. The Morgan fingerprint density at radius 2 is 2.44 bits per heavy atom. The van der Waals surface area contributed by atoms with Gasteiger partial charge in [-0.05, 0) is 26.7 Å². The van der Waals surface area contributed by atoms with Gasteiger partial charge in [0.1, 0.15) is 0 Å². The van der Waals surface area contributed by atoms with Gasteiger partial charge in [-0.25, -0.2) is 0 Å². The minimum atomic E-state index is -0.606. The highest BCUT2D eigenvalue weighted by atomic mass is 16.5. The van der Waals surface area contributed by atoms with E-state index in [0.717, 1.165) is 6.42 Å². The molecule has 94 valence electrons. The van der Waals surface area contributed by atoms with Crippen molar-refractivity contribution in [1.82, 2.24) is 5.32 Å². The second-order valence-corrected chi connectivity index (χ2v) is 4.79. The Morgan fingerprint density at radius 3 is 2.94 bits per heavy atom. The maximum absolute atomic E-state index is 11.9. The summed E-state index contributed by atoms with van der Waals surface area (Å²) in [6.45, 7) is 4.97. The third kappa shape index (κ3) is 3.17. The van der Waals surface area contributed by atoms with E-state index < -0.39 is 5.41 Å². The van der Waals surface area contributed by atoms with Crippen LogP contribution in [0.4, 0.5) is 0 Å². The van der Waals surface area contributed by atoms with Gasteiger partial charge in [0.25, 0.3) is 0 Å². The van der Waals surface area contributed by atoms with Crippen LogP contribution in [0.25, 0.3) is 0 Å². The van der Waals surface area contributed by atoms with Crippen LogP contribution in [-0.2, 0) is 9.53 Å². The molecule has 0 bridgehead atoms. The summed E-state index contributed by atoms with van der Waals surface area (Å²) in [5.41, 5.74) is 5.23. The molecular weight excluding hydrogens is 208 g/mol. The number of hydrogen-bond donors (Lipinski definition) is 3. The molecule has 1 rings (SSSR count). The van der Waals surface area contributed by atoms with E-state index in [1.54, 1.807) is 6.92 Å². The average Bonchev–Trinajstić information content (AvgIpc) is 2.55. The standard InChI is InChI=1S/C11H22N2O3/c1-8(14)4-3-5-13-10(15)11(2)7-16-6-9(11)12/h8-9,14H,3-7,12H2,1-2H3,(H,13,15). The summed E-state index contributed by atoms with van der Waals surface area (Å²) in [5, 5.41) is 11.9. The molecule has 0 aromatic heterocycles. The van der Waals surface area contributed by atoms with E-state index in [4.69, 9.17) is 15.6 Å². The zero-order chi connectivity index (χ0) is 12.2. The highest BCUT2D eigenvalue weighted by molar-refractivity contribution is 5.83. The first-order chi connectivity index (χ1) is 7.47. The number of rotatable bonds is 5. The second kappa shape index (κ2) is 5.61. The molecule has 4 N–H and O–H groups in total. The number of nitrogens with one attached hydrogen (secondary N) is 1. The topological polar surface area (TPSA) is 84.6 Å². The van der Waals surface area contributed by atoms with Crippen LogP contribution in [0.3, 0.4) is 0 Å². The molecule has 5 heteroatoms. The van der Waals surface area contributed by atoms with Crippen molar-refractivity contribution in [1.29, 1.82) is 0 Å². The minimum absolute atomic E-state index is 0.0527. The SMILES string of the molecule is CC(O)CCCNC(=O)C1(C)COCC1N. The second-order valence-electron chi connectivity index (χ2n) is 4.79. The van der Waals surface area contributed by atoms with Crippen LogP contribution in [-0.4, -0.2) is 42.9 Å². The molecule has 1 saturated heterocycles. The average molecular weight is 230 g/mol. The van der Waals surface area contributed by atoms with Crippen molar-refractivity contribution in [3.63, 3.8) is 0 Å². The van der Waals surface area contributed by atoms with E-state index in [1.807, 2.05) is 6.92 Å². The number of carbonyl (C=O) groups is 1. The number of amides is 1. The summed E-state index contributed by atoms with van der Waals surface area (Å²) in [4.78, 5) is 11.9. The molecule has 0 aliphatic carbocycles. The van der Waals surface area contributed by atoms with Crippen molar-refractivity contribution in [3.8, 4) is 0 Å². The van der Waals surface area contributed by atoms with Crippen LogP contribution in [0.2, 0.25) is 0 Å². The Labute approximate surface area is 96.3 Å². The monoisotopic (exact) mass is 230 g/mol. The summed E-state index contributed by atoms with van der Waals surface area (Å²) < 4.78 is 5.21. The van der Waals surface area contributed by atoms with E-state index in [9.17, 15) is 4.79 Å². The quantitative estimate of drug-likeness (QED) is 0.562. The van der Waals surface area contributed by atoms with Gasteiger partial charge in [-0.2, -0.15) is 0 Å². The van der Waals surface area contributed by atoms with Crippen LogP contribution in [0.15, 0.2) is 0 Å². The van der Waals surface area contributed by atoms with Gasteiger partial charge in [0.2, 0.25) is 5.91 Å². The van der Waals surface area contributed by atoms with Gasteiger partial charge in [-0.15, -0.1) is 0 Å². The Hall–Kier alpha value is -0.650. The molecule has 0 aromatic rings. The van der Waals surface area contributed by atoms with E-state index in [2.05, 4.69) is 5.32 Å². The lowest BCUT2D eigenvalue weighted by Gasteiger charge is -2.25. The maximum Gasteiger partial charge on any atom is 0.229 e. The summed E-state index contributed by atoms with van der Waals surface area (Å²) >= 11 is 0. The van der Waals surface area contributed by atoms with Gasteiger partial charge in [-0.1, -0.05) is 0 Å². The number of ether oxygens (including phenoxy) is 1. The largest absolute Gasteiger partial charge is 0.393 e. The number of carbonyl (C=O) groups excluding carboxylic acids is 1. The van der Waals surface area contributed by atoms with Gasteiger partial charge < -0.3 is 20.9 Å². The molecule has 1 aliphatic rings. The first-order valence-electron chi connectivity index (χ1n) is 5.76. The predicted octanol–water partition coefficient (Wildman–Crippen LogP) is -0.373. The zero-order valence-corrected chi connectivity index (χ0v) is 10.0. The van der Waals surface area contributed by atoms with E-state index in [-0.39, 0.29) is 18.1 Å². The van der Waals surface area contributed by atoms with E-state index in [1.165, 1.54) is 0 Å². The number of aliphatic hydroxyl groups is 1. The number of hydrogen-bond acceptors (Lipinski definition) is 4. The molecule has 3 unspecified atom stereocenters. The Morgan fingerprint density at radius 1 is 1.75 bits per heavy atom. The summed E-state index contributed by atoms with van der Waals surface area (Å²) in [6, 6.07) is -0.232. The zero-order valence-electron chi connectivity index (χ0n) is 10.0. The van der Waals surface area contributed by atoms with Gasteiger partial charge in [-0.3, -0.25) is 4.79 Å². The van der Waals surface area contributed by atoms with Crippen LogP contribution < -0.4 is 11.1 Å². The molecule has 1 aliphatic heterocycles. The molecule has 0 spiro atoms. The van der Waals surface area contributed by atoms with Crippen LogP contribution in [0.1, 0.15) is 26.7 Å². The van der Waals surface area contributed by atoms with Gasteiger partial charge in [0, 0.05) is 12.6 Å². The first-order valence-corrected chi connectivity index (χ1v) is 5.76. The third-order valence-corrected chi connectivity index (χ3v) is 3.12. The summed E-state index contributed by atoms with van der Waals surface area (Å²) in [7, 11) is 0. The molecular formula is C11H22N2O3. The molecule has 0 saturated carbocycles. The fourth-order valence-corrected chi connectivity index (χ4v) is 1.72. The molecule has 0 aromatic carbocycles. The van der Waals surface area contributed by atoms with Crippen molar-refractivity contribution < 1.29 is 14.6 Å². The lowest BCUT2D eigenvalue weighted by atomic mass is 9.85. The van der Waals surface area contributed by atoms with E-state index in [0.29, 0.717) is 26.2 Å². The molecule has 1 heterocycles. The minimum Gasteiger partial charge on any atom is -0.393 e. The molecule has 5 nitrogen and oxygen atoms in total. The van der Waals surface area contributed by atoms with Crippen molar-refractivity contribution in [2.24, 2.45) is 11.1 Å². The fourth-order valence-electron chi connectivity index (χ4n) is 1.72. The molecule has 3 atom stereocenters. The van der Waals surface area contributed by atoms with Gasteiger partial charge in [0.05, 0.1) is 24.7 Å². The first kappa shape index (κ1) is 13.4. The summed E-state index contributed by atoms with van der Waals surface area (Å²) in [5.74, 6) is -0.0527. The smallest absolute Gasteiger partial charge is 0.229 e. The molecule has 1 amide bonds. The Bertz CT molecular complexity index is 245. The van der Waals surface area contributed by atoms with E-state index >= 15 is 0 Å². The fraction of sp³-hybridized carbons (Fsp3) is 0.909. The lowest BCUT2D eigenvalue weighted by Crippen LogP contribution is -2.50. The normalized spacial score (nSPS) is 31.4. The highest BCUT2D eigenvalue weighted by Crippen LogP contribution is 2.26. The summed E-state index contributed by atoms with van der Waals surface area (Å²) in [6.07, 6.45) is 1.15. The molecule has 16 heavy (non-hydrogen) atoms. The van der Waals surface area contributed by atoms with Crippen molar-refractivity contribution in [3.05, 3.63) is 0 Å². The number of aliphatic hydroxyl groups excluding tert-OH is 1. The predicted molar refractivity (Wildman–Crippen MR) is 60.8 cm³/mol. The van der Waals surface area contributed by atoms with Crippen molar-refractivity contribution >= 4 is 5.91 Å². The van der Waals surface area contributed by atoms with Crippen LogP contribution in [0.5, 0.6) is 0 Å². The van der Waals surface area contributed by atoms with Crippen molar-refractivity contribution in [2.75, 3.05) is 19.8 Å².